The summed E-state index contributed by atoms with van der Waals surface area (Å²) in [4.78, 5) is 19.7. The van der Waals surface area contributed by atoms with Crippen LogP contribution in [0.3, 0.4) is 0 Å². The molecule has 0 spiro atoms. The molecule has 0 bridgehead atoms. The Bertz CT molecular complexity index is 1040. The monoisotopic (exact) mass is 451 g/mol. The zero-order chi connectivity index (χ0) is 22.9. The van der Waals surface area contributed by atoms with Gasteiger partial charge < -0.3 is 19.8 Å². The maximum atomic E-state index is 13.4. The summed E-state index contributed by atoms with van der Waals surface area (Å²) in [5, 5.41) is 4.53. The minimum absolute atomic E-state index is 0.0648. The lowest BCUT2D eigenvalue weighted by Gasteiger charge is -2.46. The molecule has 3 atom stereocenters. The van der Waals surface area contributed by atoms with Crippen molar-refractivity contribution in [1.82, 2.24) is 15.2 Å². The van der Waals surface area contributed by atoms with Crippen molar-refractivity contribution in [3.8, 4) is 5.75 Å². The molecule has 1 aliphatic carbocycles. The SMILES string of the molecule is CC[C@@H]1CN2CCc3c([nH]c4cccc(OC)c34)[C@@H]2C[C@@H]1/C(=C\OC)C(=O)NC1CCCC1. The second-order valence-corrected chi connectivity index (χ2v) is 9.94. The molecular weight excluding hydrogens is 414 g/mol. The van der Waals surface area contributed by atoms with Gasteiger partial charge in [0.2, 0.25) is 0 Å². The number of benzene rings is 1. The molecule has 33 heavy (non-hydrogen) atoms. The number of carbonyl (C=O) groups excluding carboxylic acids is 1. The van der Waals surface area contributed by atoms with E-state index in [1.54, 1.807) is 20.5 Å². The van der Waals surface area contributed by atoms with Gasteiger partial charge in [-0.1, -0.05) is 32.3 Å². The van der Waals surface area contributed by atoms with Crippen LogP contribution in [0.5, 0.6) is 5.75 Å². The van der Waals surface area contributed by atoms with Crippen LogP contribution in [0.15, 0.2) is 30.0 Å². The lowest BCUT2D eigenvalue weighted by atomic mass is 9.73. The normalized spacial score (nSPS) is 26.2. The molecular formula is C27H37N3O3. The number of aromatic amines is 1. The van der Waals surface area contributed by atoms with E-state index < -0.39 is 0 Å². The third-order valence-electron chi connectivity index (χ3n) is 8.20. The van der Waals surface area contributed by atoms with Crippen LogP contribution in [0.1, 0.15) is 62.7 Å². The van der Waals surface area contributed by atoms with Crippen molar-refractivity contribution in [2.45, 2.75) is 64.0 Å². The maximum Gasteiger partial charge on any atom is 0.250 e. The van der Waals surface area contributed by atoms with Crippen LogP contribution >= 0.6 is 0 Å². The number of fused-ring (bicyclic) bond motifs is 5. The number of rotatable bonds is 6. The molecule has 5 rings (SSSR count). The van der Waals surface area contributed by atoms with E-state index in [0.717, 1.165) is 62.0 Å². The highest BCUT2D eigenvalue weighted by Gasteiger charge is 2.42. The van der Waals surface area contributed by atoms with Gasteiger partial charge in [-0.2, -0.15) is 0 Å². The van der Waals surface area contributed by atoms with Gasteiger partial charge >= 0.3 is 0 Å². The Hall–Kier alpha value is -2.47. The average molecular weight is 452 g/mol. The van der Waals surface area contributed by atoms with Gasteiger partial charge in [-0.3, -0.25) is 9.69 Å². The van der Waals surface area contributed by atoms with Crippen molar-refractivity contribution in [2.24, 2.45) is 11.8 Å². The Morgan fingerprint density at radius 2 is 2.09 bits per heavy atom. The predicted octanol–water partition coefficient (Wildman–Crippen LogP) is 4.71. The smallest absolute Gasteiger partial charge is 0.250 e. The highest BCUT2D eigenvalue weighted by Crippen LogP contribution is 2.47. The Morgan fingerprint density at radius 1 is 1.27 bits per heavy atom. The van der Waals surface area contributed by atoms with Crippen LogP contribution in [-0.2, 0) is 16.0 Å². The third kappa shape index (κ3) is 4.03. The van der Waals surface area contributed by atoms with Crippen LogP contribution in [0.25, 0.3) is 10.9 Å². The fraction of sp³-hybridized carbons (Fsp3) is 0.593. The minimum Gasteiger partial charge on any atom is -0.504 e. The average Bonchev–Trinajstić information content (AvgIpc) is 3.49. The number of aromatic nitrogens is 1. The number of carbonyl (C=O) groups is 1. The van der Waals surface area contributed by atoms with Gasteiger partial charge in [0.05, 0.1) is 32.1 Å². The summed E-state index contributed by atoms with van der Waals surface area (Å²) < 4.78 is 11.2. The fourth-order valence-electron chi connectivity index (χ4n) is 6.53. The van der Waals surface area contributed by atoms with Crippen molar-refractivity contribution >= 4 is 16.8 Å². The van der Waals surface area contributed by atoms with Crippen LogP contribution in [0, 0.1) is 11.8 Å². The summed E-state index contributed by atoms with van der Waals surface area (Å²) in [6.07, 6.45) is 9.31. The Labute approximate surface area is 196 Å². The van der Waals surface area contributed by atoms with E-state index in [-0.39, 0.29) is 17.9 Å². The third-order valence-corrected chi connectivity index (χ3v) is 8.20. The van der Waals surface area contributed by atoms with Crippen molar-refractivity contribution in [3.63, 3.8) is 0 Å². The van der Waals surface area contributed by atoms with E-state index in [1.165, 1.54) is 29.5 Å². The summed E-state index contributed by atoms with van der Waals surface area (Å²) in [5.74, 6) is 1.62. The zero-order valence-electron chi connectivity index (χ0n) is 20.2. The summed E-state index contributed by atoms with van der Waals surface area (Å²) in [6, 6.07) is 6.82. The number of hydrogen-bond acceptors (Lipinski definition) is 4. The van der Waals surface area contributed by atoms with Gasteiger partial charge in [0, 0.05) is 35.7 Å². The number of amides is 1. The lowest BCUT2D eigenvalue weighted by Crippen LogP contribution is -2.48. The van der Waals surface area contributed by atoms with Gasteiger partial charge in [-0.25, -0.2) is 0 Å². The Morgan fingerprint density at radius 3 is 2.82 bits per heavy atom. The summed E-state index contributed by atoms with van der Waals surface area (Å²) in [7, 11) is 3.40. The maximum absolute atomic E-state index is 13.4. The first-order valence-electron chi connectivity index (χ1n) is 12.6. The highest BCUT2D eigenvalue weighted by molar-refractivity contribution is 5.94. The second kappa shape index (κ2) is 9.41. The zero-order valence-corrected chi connectivity index (χ0v) is 20.2. The second-order valence-electron chi connectivity index (χ2n) is 9.94. The van der Waals surface area contributed by atoms with E-state index >= 15 is 0 Å². The first-order chi connectivity index (χ1) is 16.1. The van der Waals surface area contributed by atoms with Crippen molar-refractivity contribution in [1.29, 1.82) is 0 Å². The van der Waals surface area contributed by atoms with Gasteiger partial charge in [-0.05, 0) is 55.2 Å². The summed E-state index contributed by atoms with van der Waals surface area (Å²) in [5.41, 5.74) is 4.64. The van der Waals surface area contributed by atoms with Crippen molar-refractivity contribution < 1.29 is 14.3 Å². The molecule has 2 fully saturated rings. The molecule has 1 saturated heterocycles. The van der Waals surface area contributed by atoms with E-state index in [4.69, 9.17) is 9.47 Å². The Kier molecular flexibility index (Phi) is 6.37. The first-order valence-corrected chi connectivity index (χ1v) is 12.6. The molecule has 3 heterocycles. The number of methoxy groups -OCH3 is 2. The van der Waals surface area contributed by atoms with Crippen molar-refractivity contribution in [3.05, 3.63) is 41.3 Å². The van der Waals surface area contributed by atoms with Crippen LogP contribution in [0.2, 0.25) is 0 Å². The number of ether oxygens (including phenoxy) is 2. The van der Waals surface area contributed by atoms with Gasteiger partial charge in [-0.15, -0.1) is 0 Å². The molecule has 6 nitrogen and oxygen atoms in total. The number of nitrogens with zero attached hydrogens (tertiary/aromatic N) is 1. The minimum atomic E-state index is 0.0648. The molecule has 2 N–H and O–H groups in total. The molecule has 0 unspecified atom stereocenters. The number of nitrogens with one attached hydrogen (secondary N) is 2. The molecule has 1 aromatic heterocycles. The van der Waals surface area contributed by atoms with E-state index in [0.29, 0.717) is 12.0 Å². The molecule has 1 saturated carbocycles. The van der Waals surface area contributed by atoms with Crippen molar-refractivity contribution in [2.75, 3.05) is 27.3 Å². The molecule has 6 heteroatoms. The molecule has 3 aliphatic rings. The number of H-pyrrole nitrogens is 1. The molecule has 0 radical (unpaired) electrons. The fourth-order valence-corrected chi connectivity index (χ4v) is 6.53. The molecule has 1 aromatic carbocycles. The largest absolute Gasteiger partial charge is 0.504 e. The molecule has 1 amide bonds. The van der Waals surface area contributed by atoms with Crippen LogP contribution in [-0.4, -0.2) is 49.1 Å². The standard InChI is InChI=1S/C27H37N3O3/c1-4-17-15-30-13-12-19-25-22(10-7-11-24(25)33-3)29-26(19)23(30)14-20(17)21(16-32-2)27(31)28-18-8-5-6-9-18/h7,10-11,16-18,20,23,29H,4-6,8-9,12-15H2,1-3H3,(H,28,31)/b21-16+/t17-,20+,23+/m1/s1. The predicted molar refractivity (Wildman–Crippen MR) is 130 cm³/mol. The molecule has 2 aromatic rings. The molecule has 178 valence electrons. The van der Waals surface area contributed by atoms with Crippen LogP contribution < -0.4 is 10.1 Å². The quantitative estimate of drug-likeness (QED) is 0.493. The topological polar surface area (TPSA) is 66.6 Å². The van der Waals surface area contributed by atoms with E-state index in [2.05, 4.69) is 28.2 Å². The van der Waals surface area contributed by atoms with Crippen LogP contribution in [0.4, 0.5) is 0 Å². The Balaban J connectivity index is 1.47. The van der Waals surface area contributed by atoms with Gasteiger partial charge in [0.1, 0.15) is 5.75 Å². The molecule has 2 aliphatic heterocycles. The highest BCUT2D eigenvalue weighted by atomic mass is 16.5. The first kappa shape index (κ1) is 22.3. The van der Waals surface area contributed by atoms with E-state index in [9.17, 15) is 4.79 Å². The summed E-state index contributed by atoms with van der Waals surface area (Å²) >= 11 is 0. The lowest BCUT2D eigenvalue weighted by molar-refractivity contribution is -0.119. The number of hydrogen-bond donors (Lipinski definition) is 2. The van der Waals surface area contributed by atoms with Gasteiger partial charge in [0.15, 0.2) is 0 Å². The summed E-state index contributed by atoms with van der Waals surface area (Å²) in [6.45, 7) is 4.31. The number of piperidine rings is 1. The van der Waals surface area contributed by atoms with Gasteiger partial charge in [0.25, 0.3) is 5.91 Å². The van der Waals surface area contributed by atoms with E-state index in [1.807, 2.05) is 12.1 Å².